The number of hydrogen-bond donors (Lipinski definition) is 0. The molecule has 0 aliphatic heterocycles. The van der Waals surface area contributed by atoms with Gasteiger partial charge in [0.05, 0.1) is 21.7 Å². The van der Waals surface area contributed by atoms with E-state index < -0.39 is 0 Å². The van der Waals surface area contributed by atoms with Crippen molar-refractivity contribution < 1.29 is 4.74 Å². The molecule has 0 saturated carbocycles. The van der Waals surface area contributed by atoms with Crippen molar-refractivity contribution in [2.75, 3.05) is 6.61 Å². The van der Waals surface area contributed by atoms with Gasteiger partial charge in [-0.3, -0.25) is 0 Å². The predicted molar refractivity (Wildman–Crippen MR) is 137 cm³/mol. The van der Waals surface area contributed by atoms with E-state index >= 15 is 0 Å². The first-order valence-electron chi connectivity index (χ1n) is 11.6. The van der Waals surface area contributed by atoms with Crippen molar-refractivity contribution >= 4 is 58.0 Å². The summed E-state index contributed by atoms with van der Waals surface area (Å²) in [7, 11) is 0. The lowest BCUT2D eigenvalue weighted by Gasteiger charge is -2.13. The Bertz CT molecular complexity index is 562. The van der Waals surface area contributed by atoms with Gasteiger partial charge in [0.2, 0.25) is 0 Å². The zero-order chi connectivity index (χ0) is 22.2. The smallest absolute Gasteiger partial charge is 0.159 e. The summed E-state index contributed by atoms with van der Waals surface area (Å²) >= 11 is 30.4. The normalized spacial score (nSPS) is 11.3. The Labute approximate surface area is 209 Å². The molecule has 1 rings (SSSR count). The third kappa shape index (κ3) is 11.4. The molecule has 1 aromatic rings. The molecular formula is C24H37Cl5O. The van der Waals surface area contributed by atoms with E-state index in [-0.39, 0.29) is 25.1 Å². The fourth-order valence-electron chi connectivity index (χ4n) is 3.54. The van der Waals surface area contributed by atoms with Gasteiger partial charge in [0.15, 0.2) is 5.75 Å². The van der Waals surface area contributed by atoms with Crippen molar-refractivity contribution in [2.45, 2.75) is 110 Å². The predicted octanol–water partition coefficient (Wildman–Crippen LogP) is 11.6. The standard InChI is InChI=1S/C24H37Cl5O/c1-2-3-4-5-6-7-8-9-10-11-12-13-14-15-16-17-18-30-24-22(28)20(26)19(25)21(27)23(24)29/h2-18H2,1H3. The van der Waals surface area contributed by atoms with Crippen LogP contribution in [0.1, 0.15) is 110 Å². The van der Waals surface area contributed by atoms with Crippen LogP contribution < -0.4 is 4.74 Å². The molecule has 1 aromatic carbocycles. The van der Waals surface area contributed by atoms with E-state index in [1.165, 1.54) is 89.9 Å². The molecule has 30 heavy (non-hydrogen) atoms. The number of hydrogen-bond acceptors (Lipinski definition) is 1. The lowest BCUT2D eigenvalue weighted by atomic mass is 10.0. The molecule has 0 heterocycles. The maximum absolute atomic E-state index is 6.17. The molecule has 0 saturated heterocycles. The molecule has 0 spiro atoms. The average Bonchev–Trinajstić information content (AvgIpc) is 2.75. The summed E-state index contributed by atoms with van der Waals surface area (Å²) in [4.78, 5) is 0. The quantitative estimate of drug-likeness (QED) is 0.107. The third-order valence-corrected chi connectivity index (χ3v) is 7.66. The Kier molecular flexibility index (Phi) is 17.1. The first-order chi connectivity index (χ1) is 14.5. The first-order valence-corrected chi connectivity index (χ1v) is 13.5. The minimum absolute atomic E-state index is 0.156. The van der Waals surface area contributed by atoms with Gasteiger partial charge < -0.3 is 4.74 Å². The maximum atomic E-state index is 6.17. The molecule has 0 unspecified atom stereocenters. The second-order valence-electron chi connectivity index (χ2n) is 8.05. The summed E-state index contributed by atoms with van der Waals surface area (Å²) < 4.78 is 5.71. The summed E-state index contributed by atoms with van der Waals surface area (Å²) in [5.41, 5.74) is 0. The van der Waals surface area contributed by atoms with Crippen LogP contribution >= 0.6 is 58.0 Å². The highest BCUT2D eigenvalue weighted by Gasteiger charge is 2.20. The molecule has 0 radical (unpaired) electrons. The topological polar surface area (TPSA) is 9.23 Å². The molecule has 0 bridgehead atoms. The Balaban J connectivity index is 1.95. The minimum atomic E-state index is 0.156. The van der Waals surface area contributed by atoms with Crippen LogP contribution in [0.3, 0.4) is 0 Å². The van der Waals surface area contributed by atoms with Gasteiger partial charge in [0, 0.05) is 0 Å². The van der Waals surface area contributed by atoms with Crippen LogP contribution in [0.2, 0.25) is 25.1 Å². The van der Waals surface area contributed by atoms with E-state index in [0.29, 0.717) is 12.4 Å². The van der Waals surface area contributed by atoms with E-state index in [0.717, 1.165) is 12.8 Å². The van der Waals surface area contributed by atoms with E-state index in [4.69, 9.17) is 62.7 Å². The Morgan fingerprint density at radius 2 is 0.733 bits per heavy atom. The van der Waals surface area contributed by atoms with Gasteiger partial charge >= 0.3 is 0 Å². The highest BCUT2D eigenvalue weighted by Crippen LogP contribution is 2.48. The van der Waals surface area contributed by atoms with Crippen LogP contribution in [0.4, 0.5) is 0 Å². The van der Waals surface area contributed by atoms with Crippen molar-refractivity contribution in [1.29, 1.82) is 0 Å². The fourth-order valence-corrected chi connectivity index (χ4v) is 4.77. The van der Waals surface area contributed by atoms with E-state index in [1.807, 2.05) is 0 Å². The number of unbranched alkanes of at least 4 members (excludes halogenated alkanes) is 15. The summed E-state index contributed by atoms with van der Waals surface area (Å²) in [6.07, 6.45) is 21.4. The Hall–Kier alpha value is 0.470. The van der Waals surface area contributed by atoms with Crippen molar-refractivity contribution in [3.05, 3.63) is 25.1 Å². The molecule has 0 N–H and O–H groups in total. The number of ether oxygens (including phenoxy) is 1. The number of halogens is 5. The average molecular weight is 519 g/mol. The van der Waals surface area contributed by atoms with Crippen LogP contribution in [0.5, 0.6) is 5.75 Å². The molecule has 0 atom stereocenters. The van der Waals surface area contributed by atoms with Gasteiger partial charge in [-0.05, 0) is 6.42 Å². The SMILES string of the molecule is CCCCCCCCCCCCCCCCCCOc1c(Cl)c(Cl)c(Cl)c(Cl)c1Cl. The minimum Gasteiger partial charge on any atom is -0.490 e. The summed E-state index contributed by atoms with van der Waals surface area (Å²) in [5, 5.41) is 0.938. The summed E-state index contributed by atoms with van der Waals surface area (Å²) in [6, 6.07) is 0. The van der Waals surface area contributed by atoms with E-state index in [2.05, 4.69) is 6.92 Å². The third-order valence-electron chi connectivity index (χ3n) is 5.41. The molecule has 0 aliphatic rings. The molecule has 1 nitrogen and oxygen atoms in total. The van der Waals surface area contributed by atoms with Gasteiger partial charge in [0.1, 0.15) is 10.0 Å². The number of rotatable bonds is 18. The van der Waals surface area contributed by atoms with Crippen LogP contribution in [-0.2, 0) is 0 Å². The molecule has 6 heteroatoms. The van der Waals surface area contributed by atoms with Crippen LogP contribution in [-0.4, -0.2) is 6.61 Å². The monoisotopic (exact) mass is 516 g/mol. The number of benzene rings is 1. The molecule has 0 fully saturated rings. The molecular weight excluding hydrogens is 482 g/mol. The molecule has 0 amide bonds. The highest BCUT2D eigenvalue weighted by atomic mass is 35.5. The lowest BCUT2D eigenvalue weighted by molar-refractivity contribution is 0.304. The summed E-state index contributed by atoms with van der Waals surface area (Å²) in [5.74, 6) is 0.318. The van der Waals surface area contributed by atoms with Crippen LogP contribution in [0.25, 0.3) is 0 Å². The van der Waals surface area contributed by atoms with Crippen molar-refractivity contribution in [3.63, 3.8) is 0 Å². The zero-order valence-corrected chi connectivity index (χ0v) is 22.1. The fraction of sp³-hybridized carbons (Fsp3) is 0.750. The summed E-state index contributed by atoms with van der Waals surface area (Å²) in [6.45, 7) is 2.81. The molecule has 0 aliphatic carbocycles. The van der Waals surface area contributed by atoms with E-state index in [1.54, 1.807) is 0 Å². The Morgan fingerprint density at radius 3 is 1.10 bits per heavy atom. The Morgan fingerprint density at radius 1 is 0.433 bits per heavy atom. The van der Waals surface area contributed by atoms with Crippen molar-refractivity contribution in [2.24, 2.45) is 0 Å². The van der Waals surface area contributed by atoms with Gasteiger partial charge in [-0.15, -0.1) is 0 Å². The highest BCUT2D eigenvalue weighted by molar-refractivity contribution is 6.55. The van der Waals surface area contributed by atoms with Gasteiger partial charge in [-0.1, -0.05) is 161 Å². The van der Waals surface area contributed by atoms with Crippen molar-refractivity contribution in [3.8, 4) is 5.75 Å². The largest absolute Gasteiger partial charge is 0.490 e. The van der Waals surface area contributed by atoms with Crippen molar-refractivity contribution in [1.82, 2.24) is 0 Å². The van der Waals surface area contributed by atoms with Crippen LogP contribution in [0.15, 0.2) is 0 Å². The van der Waals surface area contributed by atoms with Gasteiger partial charge in [-0.25, -0.2) is 0 Å². The van der Waals surface area contributed by atoms with Crippen LogP contribution in [0, 0.1) is 0 Å². The second-order valence-corrected chi connectivity index (χ2v) is 9.94. The van der Waals surface area contributed by atoms with E-state index in [9.17, 15) is 0 Å². The maximum Gasteiger partial charge on any atom is 0.159 e. The molecule has 174 valence electrons. The molecule has 0 aromatic heterocycles. The lowest BCUT2D eigenvalue weighted by Crippen LogP contribution is -1.99. The van der Waals surface area contributed by atoms with Gasteiger partial charge in [0.25, 0.3) is 0 Å². The first kappa shape index (κ1) is 28.5. The van der Waals surface area contributed by atoms with Gasteiger partial charge in [-0.2, -0.15) is 0 Å². The second kappa shape index (κ2) is 18.0. The zero-order valence-electron chi connectivity index (χ0n) is 18.3.